The molecule has 10 heteroatoms. The fourth-order valence-corrected chi connectivity index (χ4v) is 5.01. The van der Waals surface area contributed by atoms with E-state index in [1.165, 1.54) is 37.6 Å². The van der Waals surface area contributed by atoms with Gasteiger partial charge in [0, 0.05) is 32.0 Å². The molecule has 2 N–H and O–H groups in total. The van der Waals surface area contributed by atoms with Gasteiger partial charge < -0.3 is 20.1 Å². The van der Waals surface area contributed by atoms with Crippen LogP contribution < -0.4 is 20.1 Å². The highest BCUT2D eigenvalue weighted by atomic mass is 32.2. The Morgan fingerprint density at radius 1 is 0.906 bits per heavy atom. The van der Waals surface area contributed by atoms with Crippen molar-refractivity contribution in [1.29, 1.82) is 0 Å². The van der Waals surface area contributed by atoms with Gasteiger partial charge in [0.2, 0.25) is 21.8 Å². The minimum Gasteiger partial charge on any atom is -0.497 e. The Balaban J connectivity index is 1.66. The summed E-state index contributed by atoms with van der Waals surface area (Å²) in [4.78, 5) is 24.5. The molecule has 2 amide bonds. The standard InChI is InChI=1S/C22H27N3O6S/c1-15(26)23-20-9-6-18(31-3)14-21(20)24-22(27)16-10-12-25(13-11-16)32(28,29)19-7-4-17(30-2)5-8-19/h4-9,14,16H,10-13H2,1-3H3,(H,23,26)(H,24,27). The summed E-state index contributed by atoms with van der Waals surface area (Å²) in [5.74, 6) is 0.271. The van der Waals surface area contributed by atoms with E-state index in [-0.39, 0.29) is 35.7 Å². The van der Waals surface area contributed by atoms with Crippen LogP contribution in [-0.2, 0) is 19.6 Å². The van der Waals surface area contributed by atoms with Crippen LogP contribution in [0.3, 0.4) is 0 Å². The number of hydrogen-bond acceptors (Lipinski definition) is 6. The molecule has 1 aliphatic rings. The molecule has 0 unspecified atom stereocenters. The minimum absolute atomic E-state index is 0.192. The summed E-state index contributed by atoms with van der Waals surface area (Å²) in [6, 6.07) is 11.2. The van der Waals surface area contributed by atoms with Crippen LogP contribution in [-0.4, -0.2) is 51.8 Å². The van der Waals surface area contributed by atoms with E-state index in [0.29, 0.717) is 35.7 Å². The molecule has 0 bridgehead atoms. The third-order valence-corrected chi connectivity index (χ3v) is 7.23. The molecule has 1 saturated heterocycles. The van der Waals surface area contributed by atoms with Crippen LogP contribution in [0.2, 0.25) is 0 Å². The molecule has 32 heavy (non-hydrogen) atoms. The van der Waals surface area contributed by atoms with Gasteiger partial charge >= 0.3 is 0 Å². The van der Waals surface area contributed by atoms with Crippen molar-refractivity contribution in [1.82, 2.24) is 4.31 Å². The summed E-state index contributed by atoms with van der Waals surface area (Å²) in [5.41, 5.74) is 0.893. The molecule has 0 spiro atoms. The lowest BCUT2D eigenvalue weighted by Crippen LogP contribution is -2.41. The van der Waals surface area contributed by atoms with Crippen LogP contribution in [0.1, 0.15) is 19.8 Å². The third-order valence-electron chi connectivity index (χ3n) is 5.32. The Morgan fingerprint density at radius 3 is 2.06 bits per heavy atom. The molecule has 1 fully saturated rings. The van der Waals surface area contributed by atoms with E-state index in [1.54, 1.807) is 30.3 Å². The van der Waals surface area contributed by atoms with Gasteiger partial charge in [-0.2, -0.15) is 4.31 Å². The fraction of sp³-hybridized carbons (Fsp3) is 0.364. The molecule has 1 heterocycles. The number of carbonyl (C=O) groups excluding carboxylic acids is 2. The van der Waals surface area contributed by atoms with E-state index in [4.69, 9.17) is 9.47 Å². The number of amides is 2. The first-order valence-corrected chi connectivity index (χ1v) is 11.6. The highest BCUT2D eigenvalue weighted by Crippen LogP contribution is 2.30. The number of anilines is 2. The van der Waals surface area contributed by atoms with E-state index in [2.05, 4.69) is 10.6 Å². The summed E-state index contributed by atoms with van der Waals surface area (Å²) in [7, 11) is -0.612. The number of sulfonamides is 1. The zero-order valence-corrected chi connectivity index (χ0v) is 19.1. The van der Waals surface area contributed by atoms with Crippen molar-refractivity contribution in [3.63, 3.8) is 0 Å². The van der Waals surface area contributed by atoms with E-state index in [0.717, 1.165) is 0 Å². The van der Waals surface area contributed by atoms with Crippen molar-refractivity contribution in [2.75, 3.05) is 37.9 Å². The molecular weight excluding hydrogens is 434 g/mol. The number of methoxy groups -OCH3 is 2. The molecule has 2 aromatic rings. The quantitative estimate of drug-likeness (QED) is 0.655. The maximum absolute atomic E-state index is 12.9. The van der Waals surface area contributed by atoms with Crippen LogP contribution >= 0.6 is 0 Å². The van der Waals surface area contributed by atoms with Crippen LogP contribution in [0.5, 0.6) is 11.5 Å². The molecule has 0 atom stereocenters. The predicted octanol–water partition coefficient (Wildman–Crippen LogP) is 2.70. The Hall–Kier alpha value is -3.11. The monoisotopic (exact) mass is 461 g/mol. The van der Waals surface area contributed by atoms with Crippen LogP contribution in [0.25, 0.3) is 0 Å². The highest BCUT2D eigenvalue weighted by Gasteiger charge is 2.32. The summed E-state index contributed by atoms with van der Waals surface area (Å²) in [5, 5.41) is 5.52. The lowest BCUT2D eigenvalue weighted by atomic mass is 9.97. The number of benzene rings is 2. The highest BCUT2D eigenvalue weighted by molar-refractivity contribution is 7.89. The van der Waals surface area contributed by atoms with Gasteiger partial charge in [0.15, 0.2) is 0 Å². The second-order valence-corrected chi connectivity index (χ2v) is 9.37. The van der Waals surface area contributed by atoms with Gasteiger partial charge in [-0.25, -0.2) is 8.42 Å². The van der Waals surface area contributed by atoms with Gasteiger partial charge in [-0.15, -0.1) is 0 Å². The fourth-order valence-electron chi connectivity index (χ4n) is 3.54. The molecule has 2 aromatic carbocycles. The lowest BCUT2D eigenvalue weighted by molar-refractivity contribution is -0.121. The van der Waals surface area contributed by atoms with Gasteiger partial charge in [-0.1, -0.05) is 0 Å². The van der Waals surface area contributed by atoms with Crippen molar-refractivity contribution >= 4 is 33.2 Å². The first kappa shape index (κ1) is 23.6. The predicted molar refractivity (Wildman–Crippen MR) is 120 cm³/mol. The van der Waals surface area contributed by atoms with Gasteiger partial charge in [0.25, 0.3) is 0 Å². The Bertz CT molecular complexity index is 1080. The average Bonchev–Trinajstić information content (AvgIpc) is 2.80. The van der Waals surface area contributed by atoms with Crippen molar-refractivity contribution < 1.29 is 27.5 Å². The zero-order valence-electron chi connectivity index (χ0n) is 18.3. The molecule has 0 aromatic heterocycles. The summed E-state index contributed by atoms with van der Waals surface area (Å²) in [6.07, 6.45) is 0.779. The van der Waals surface area contributed by atoms with Crippen molar-refractivity contribution in [3.05, 3.63) is 42.5 Å². The lowest BCUT2D eigenvalue weighted by Gasteiger charge is -2.30. The van der Waals surface area contributed by atoms with Crippen LogP contribution in [0.15, 0.2) is 47.4 Å². The smallest absolute Gasteiger partial charge is 0.243 e. The number of ether oxygens (including phenoxy) is 2. The second kappa shape index (κ2) is 10.0. The van der Waals surface area contributed by atoms with E-state index in [1.807, 2.05) is 0 Å². The third kappa shape index (κ3) is 5.38. The topological polar surface area (TPSA) is 114 Å². The number of nitrogens with zero attached hydrogens (tertiary/aromatic N) is 1. The van der Waals surface area contributed by atoms with E-state index in [9.17, 15) is 18.0 Å². The number of piperidine rings is 1. The summed E-state index contributed by atoms with van der Waals surface area (Å²) >= 11 is 0. The van der Waals surface area contributed by atoms with Gasteiger partial charge in [0.05, 0.1) is 30.5 Å². The Morgan fingerprint density at radius 2 is 1.50 bits per heavy atom. The first-order valence-electron chi connectivity index (χ1n) is 10.2. The van der Waals surface area contributed by atoms with Crippen molar-refractivity contribution in [2.24, 2.45) is 5.92 Å². The number of carbonyl (C=O) groups is 2. The van der Waals surface area contributed by atoms with E-state index >= 15 is 0 Å². The molecule has 0 radical (unpaired) electrons. The number of hydrogen-bond donors (Lipinski definition) is 2. The average molecular weight is 462 g/mol. The SMILES string of the molecule is COc1ccc(S(=O)(=O)N2CCC(C(=O)Nc3cc(OC)ccc3NC(C)=O)CC2)cc1. The maximum atomic E-state index is 12.9. The number of rotatable bonds is 7. The second-order valence-electron chi connectivity index (χ2n) is 7.44. The molecular formula is C22H27N3O6S. The van der Waals surface area contributed by atoms with Gasteiger partial charge in [-0.05, 0) is 49.2 Å². The van der Waals surface area contributed by atoms with E-state index < -0.39 is 10.0 Å². The first-order chi connectivity index (χ1) is 15.2. The van der Waals surface area contributed by atoms with Crippen LogP contribution in [0.4, 0.5) is 11.4 Å². The molecule has 172 valence electrons. The maximum Gasteiger partial charge on any atom is 0.243 e. The summed E-state index contributed by atoms with van der Waals surface area (Å²) < 4.78 is 37.5. The largest absolute Gasteiger partial charge is 0.497 e. The molecule has 0 aliphatic carbocycles. The Labute approximate surface area is 187 Å². The van der Waals surface area contributed by atoms with Gasteiger partial charge in [-0.3, -0.25) is 9.59 Å². The minimum atomic E-state index is -3.64. The molecule has 3 rings (SSSR count). The number of nitrogens with one attached hydrogen (secondary N) is 2. The van der Waals surface area contributed by atoms with Crippen LogP contribution in [0, 0.1) is 5.92 Å². The van der Waals surface area contributed by atoms with Gasteiger partial charge in [0.1, 0.15) is 11.5 Å². The zero-order chi connectivity index (χ0) is 23.3. The van der Waals surface area contributed by atoms with Crippen molar-refractivity contribution in [2.45, 2.75) is 24.7 Å². The Kier molecular flexibility index (Phi) is 7.37. The molecule has 1 aliphatic heterocycles. The normalized spacial score (nSPS) is 15.1. The summed E-state index contributed by atoms with van der Waals surface area (Å²) in [6.45, 7) is 1.86. The molecule has 9 nitrogen and oxygen atoms in total. The van der Waals surface area contributed by atoms with Crippen molar-refractivity contribution in [3.8, 4) is 11.5 Å². The molecule has 0 saturated carbocycles.